The maximum absolute atomic E-state index is 4.38. The second-order valence-corrected chi connectivity index (χ2v) is 5.05. The number of nitrogens with zero attached hydrogens (tertiary/aromatic N) is 3. The predicted molar refractivity (Wildman–Crippen MR) is 79.4 cm³/mol. The Bertz CT molecular complexity index is 513. The quantitative estimate of drug-likeness (QED) is 0.819. The van der Waals surface area contributed by atoms with Crippen molar-refractivity contribution in [2.45, 2.75) is 0 Å². The van der Waals surface area contributed by atoms with Crippen LogP contribution in [0.5, 0.6) is 0 Å². The molecule has 1 aromatic carbocycles. The molecule has 3 nitrogen and oxygen atoms in total. The third-order valence-corrected chi connectivity index (χ3v) is 3.70. The number of rotatable bonds is 2. The van der Waals surface area contributed by atoms with Crippen molar-refractivity contribution in [2.75, 3.05) is 38.1 Å². The van der Waals surface area contributed by atoms with Gasteiger partial charge in [-0.25, -0.2) is 0 Å². The molecule has 0 radical (unpaired) electrons. The van der Waals surface area contributed by atoms with Crippen LogP contribution in [0.4, 0.5) is 5.69 Å². The molecule has 0 amide bonds. The fourth-order valence-corrected chi connectivity index (χ4v) is 2.44. The maximum atomic E-state index is 4.38. The van der Waals surface area contributed by atoms with Crippen molar-refractivity contribution in [1.82, 2.24) is 9.88 Å². The minimum absolute atomic E-state index is 1.03. The highest BCUT2D eigenvalue weighted by molar-refractivity contribution is 5.63. The second kappa shape index (κ2) is 5.41. The average molecular weight is 253 g/mol. The fourth-order valence-electron chi connectivity index (χ4n) is 2.44. The SMILES string of the molecule is CN1CCN(c2ccc(-c3ccccn3)cc2)CC1. The molecule has 0 bridgehead atoms. The first kappa shape index (κ1) is 12.2. The Morgan fingerprint density at radius 2 is 1.63 bits per heavy atom. The van der Waals surface area contributed by atoms with Gasteiger partial charge in [-0.2, -0.15) is 0 Å². The molecule has 98 valence electrons. The van der Waals surface area contributed by atoms with Crippen LogP contribution in [0.1, 0.15) is 0 Å². The van der Waals surface area contributed by atoms with E-state index in [0.29, 0.717) is 0 Å². The number of benzene rings is 1. The van der Waals surface area contributed by atoms with E-state index in [0.717, 1.165) is 31.9 Å². The van der Waals surface area contributed by atoms with Gasteiger partial charge < -0.3 is 9.80 Å². The van der Waals surface area contributed by atoms with Crippen LogP contribution in [-0.4, -0.2) is 43.1 Å². The summed E-state index contributed by atoms with van der Waals surface area (Å²) in [5.74, 6) is 0. The standard InChI is InChI=1S/C16H19N3/c1-18-10-12-19(13-11-18)15-7-5-14(6-8-15)16-4-2-3-9-17-16/h2-9H,10-13H2,1H3. The largest absolute Gasteiger partial charge is 0.369 e. The van der Waals surface area contributed by atoms with Crippen LogP contribution >= 0.6 is 0 Å². The summed E-state index contributed by atoms with van der Waals surface area (Å²) in [6.45, 7) is 4.50. The van der Waals surface area contributed by atoms with Crippen LogP contribution in [0.3, 0.4) is 0 Å². The zero-order valence-corrected chi connectivity index (χ0v) is 11.3. The van der Waals surface area contributed by atoms with Gasteiger partial charge in [0.2, 0.25) is 0 Å². The molecule has 0 unspecified atom stereocenters. The molecule has 1 aliphatic heterocycles. The molecule has 1 saturated heterocycles. The van der Waals surface area contributed by atoms with E-state index in [2.05, 4.69) is 46.1 Å². The minimum atomic E-state index is 1.03. The number of piperazine rings is 1. The van der Waals surface area contributed by atoms with Gasteiger partial charge in [0.15, 0.2) is 0 Å². The van der Waals surface area contributed by atoms with Gasteiger partial charge >= 0.3 is 0 Å². The number of hydrogen-bond donors (Lipinski definition) is 0. The Morgan fingerprint density at radius 1 is 0.895 bits per heavy atom. The average Bonchev–Trinajstić information content (AvgIpc) is 2.49. The van der Waals surface area contributed by atoms with Crippen LogP contribution in [0, 0.1) is 0 Å². The lowest BCUT2D eigenvalue weighted by atomic mass is 10.1. The summed E-state index contributed by atoms with van der Waals surface area (Å²) < 4.78 is 0. The highest BCUT2D eigenvalue weighted by Crippen LogP contribution is 2.22. The van der Waals surface area contributed by atoms with Crippen LogP contribution in [0.2, 0.25) is 0 Å². The summed E-state index contributed by atoms with van der Waals surface area (Å²) >= 11 is 0. The van der Waals surface area contributed by atoms with E-state index in [-0.39, 0.29) is 0 Å². The Morgan fingerprint density at radius 3 is 2.26 bits per heavy atom. The van der Waals surface area contributed by atoms with Crippen molar-refractivity contribution in [3.05, 3.63) is 48.7 Å². The first-order valence-electron chi connectivity index (χ1n) is 6.78. The van der Waals surface area contributed by atoms with Gasteiger partial charge in [-0.3, -0.25) is 4.98 Å². The number of likely N-dealkylation sites (N-methyl/N-ethyl adjacent to an activating group) is 1. The second-order valence-electron chi connectivity index (χ2n) is 5.05. The molecule has 3 rings (SSSR count). The molecule has 1 aromatic heterocycles. The molecule has 0 saturated carbocycles. The van der Waals surface area contributed by atoms with E-state index in [1.807, 2.05) is 24.4 Å². The summed E-state index contributed by atoms with van der Waals surface area (Å²) in [6, 6.07) is 14.8. The Labute approximate surface area is 114 Å². The molecule has 1 aliphatic rings. The van der Waals surface area contributed by atoms with Gasteiger partial charge in [-0.05, 0) is 31.3 Å². The van der Waals surface area contributed by atoms with E-state index in [1.165, 1.54) is 11.3 Å². The first-order valence-corrected chi connectivity index (χ1v) is 6.78. The third kappa shape index (κ3) is 2.76. The molecule has 2 aromatic rings. The molecule has 2 heterocycles. The summed E-state index contributed by atoms with van der Waals surface area (Å²) in [7, 11) is 2.18. The van der Waals surface area contributed by atoms with Crippen molar-refractivity contribution < 1.29 is 0 Å². The van der Waals surface area contributed by atoms with Gasteiger partial charge in [0, 0.05) is 43.6 Å². The van der Waals surface area contributed by atoms with Gasteiger partial charge in [0.25, 0.3) is 0 Å². The molecule has 1 fully saturated rings. The monoisotopic (exact) mass is 253 g/mol. The van der Waals surface area contributed by atoms with Crippen molar-refractivity contribution in [2.24, 2.45) is 0 Å². The minimum Gasteiger partial charge on any atom is -0.369 e. The van der Waals surface area contributed by atoms with Crippen LogP contribution < -0.4 is 4.90 Å². The Hall–Kier alpha value is -1.87. The third-order valence-electron chi connectivity index (χ3n) is 3.70. The first-order chi connectivity index (χ1) is 9.33. The predicted octanol–water partition coefficient (Wildman–Crippen LogP) is 2.50. The zero-order valence-electron chi connectivity index (χ0n) is 11.3. The molecule has 19 heavy (non-hydrogen) atoms. The van der Waals surface area contributed by atoms with E-state index >= 15 is 0 Å². The lowest BCUT2D eigenvalue weighted by Gasteiger charge is -2.34. The lowest BCUT2D eigenvalue weighted by Crippen LogP contribution is -2.44. The fraction of sp³-hybridized carbons (Fsp3) is 0.312. The maximum Gasteiger partial charge on any atom is 0.0701 e. The summed E-state index contributed by atoms with van der Waals surface area (Å²) in [6.07, 6.45) is 1.84. The topological polar surface area (TPSA) is 19.4 Å². The Balaban J connectivity index is 1.76. The molecule has 0 spiro atoms. The summed E-state index contributed by atoms with van der Waals surface area (Å²) in [5.41, 5.74) is 3.53. The highest BCUT2D eigenvalue weighted by Gasteiger charge is 2.13. The number of hydrogen-bond acceptors (Lipinski definition) is 3. The van der Waals surface area contributed by atoms with Crippen molar-refractivity contribution in [3.8, 4) is 11.3 Å². The van der Waals surface area contributed by atoms with Crippen LogP contribution in [0.15, 0.2) is 48.7 Å². The van der Waals surface area contributed by atoms with E-state index in [1.54, 1.807) is 0 Å². The van der Waals surface area contributed by atoms with Crippen LogP contribution in [0.25, 0.3) is 11.3 Å². The number of pyridine rings is 1. The van der Waals surface area contributed by atoms with Crippen molar-refractivity contribution in [1.29, 1.82) is 0 Å². The van der Waals surface area contributed by atoms with E-state index in [4.69, 9.17) is 0 Å². The van der Waals surface area contributed by atoms with Gasteiger partial charge in [-0.15, -0.1) is 0 Å². The normalized spacial score (nSPS) is 16.6. The van der Waals surface area contributed by atoms with Crippen molar-refractivity contribution in [3.63, 3.8) is 0 Å². The molecule has 0 aliphatic carbocycles. The zero-order chi connectivity index (χ0) is 13.1. The molecule has 0 N–H and O–H groups in total. The van der Waals surface area contributed by atoms with E-state index in [9.17, 15) is 0 Å². The summed E-state index contributed by atoms with van der Waals surface area (Å²) in [4.78, 5) is 9.20. The van der Waals surface area contributed by atoms with E-state index < -0.39 is 0 Å². The smallest absolute Gasteiger partial charge is 0.0701 e. The molecular formula is C16H19N3. The number of anilines is 1. The Kier molecular flexibility index (Phi) is 3.47. The lowest BCUT2D eigenvalue weighted by molar-refractivity contribution is 0.313. The highest BCUT2D eigenvalue weighted by atomic mass is 15.2. The summed E-state index contributed by atoms with van der Waals surface area (Å²) in [5, 5.41) is 0. The number of aromatic nitrogens is 1. The van der Waals surface area contributed by atoms with Gasteiger partial charge in [0.1, 0.15) is 0 Å². The van der Waals surface area contributed by atoms with Crippen molar-refractivity contribution >= 4 is 5.69 Å². The van der Waals surface area contributed by atoms with Gasteiger partial charge in [-0.1, -0.05) is 18.2 Å². The molecular weight excluding hydrogens is 234 g/mol. The van der Waals surface area contributed by atoms with Gasteiger partial charge in [0.05, 0.1) is 5.69 Å². The molecule has 0 atom stereocenters. The molecule has 3 heteroatoms. The van der Waals surface area contributed by atoms with Crippen LogP contribution in [-0.2, 0) is 0 Å².